The molecule has 1 saturated heterocycles. The number of carbonyl (C=O) groups excluding carboxylic acids is 4. The van der Waals surface area contributed by atoms with Crippen LogP contribution in [0, 0.1) is 0 Å². The highest BCUT2D eigenvalue weighted by molar-refractivity contribution is 6.09. The van der Waals surface area contributed by atoms with Crippen molar-refractivity contribution in [1.29, 1.82) is 0 Å². The number of para-hydroxylation sites is 2. The van der Waals surface area contributed by atoms with Gasteiger partial charge in [0, 0.05) is 21.4 Å². The van der Waals surface area contributed by atoms with E-state index >= 15 is 0 Å². The molecule has 9 heteroatoms. The molecule has 0 saturated carbocycles. The first-order valence-corrected chi connectivity index (χ1v) is 10.3. The van der Waals surface area contributed by atoms with Gasteiger partial charge >= 0.3 is 6.03 Å². The first-order chi connectivity index (χ1) is 15.2. The highest BCUT2D eigenvalue weighted by Crippen LogP contribution is 2.37. The quantitative estimate of drug-likeness (QED) is 0.634. The maximum atomic E-state index is 12.9. The van der Waals surface area contributed by atoms with Crippen molar-refractivity contribution in [3.63, 3.8) is 0 Å². The number of ether oxygens (including phenoxy) is 1. The summed E-state index contributed by atoms with van der Waals surface area (Å²) in [6, 6.07) is 12.0. The third-order valence-corrected chi connectivity index (χ3v) is 6.07. The van der Waals surface area contributed by atoms with Crippen molar-refractivity contribution in [3.05, 3.63) is 53.6 Å². The summed E-state index contributed by atoms with van der Waals surface area (Å²) in [6.07, 6.45) is 0.759. The molecule has 1 aliphatic carbocycles. The Hall–Kier alpha value is -3.88. The molecular weight excluding hydrogens is 412 g/mol. The Morgan fingerprint density at radius 2 is 1.88 bits per heavy atom. The fourth-order valence-electron chi connectivity index (χ4n) is 4.55. The zero-order valence-electron chi connectivity index (χ0n) is 17.7. The van der Waals surface area contributed by atoms with E-state index in [0.29, 0.717) is 30.0 Å². The molecule has 2 aliphatic heterocycles. The third-order valence-electron chi connectivity index (χ3n) is 6.07. The minimum atomic E-state index is -1.08. The number of amides is 5. The molecule has 2 aromatic rings. The Balaban J connectivity index is 0.00000162. The second kappa shape index (κ2) is 6.81. The van der Waals surface area contributed by atoms with Gasteiger partial charge in [0.05, 0.1) is 5.69 Å². The molecule has 1 fully saturated rings. The Kier molecular flexibility index (Phi) is 4.27. The predicted octanol–water partition coefficient (Wildman–Crippen LogP) is 2.00. The van der Waals surface area contributed by atoms with Gasteiger partial charge in [-0.25, -0.2) is 4.79 Å². The predicted molar refractivity (Wildman–Crippen MR) is 120 cm³/mol. The maximum Gasteiger partial charge on any atom is 0.322 e. The van der Waals surface area contributed by atoms with Crippen LogP contribution in [-0.4, -0.2) is 41.4 Å². The first kappa shape index (κ1) is 20.0. The minimum absolute atomic E-state index is 0. The number of nitrogens with one attached hydrogen (secondary N) is 3. The first-order valence-electron chi connectivity index (χ1n) is 10.3. The van der Waals surface area contributed by atoms with E-state index in [4.69, 9.17) is 4.74 Å². The molecule has 168 valence electrons. The van der Waals surface area contributed by atoms with Crippen molar-refractivity contribution in [2.24, 2.45) is 0 Å². The minimum Gasteiger partial charge on any atom is -0.476 e. The SMILES string of the molecule is CC1(C)Oc2ccccc2N(CC(=O)Nc2ccc3c(c2)C[C@]2(C3)NC(=O)NC2=O)C1=O.[HH].[HH]. The highest BCUT2D eigenvalue weighted by Gasteiger charge is 2.50. The largest absolute Gasteiger partial charge is 0.476 e. The molecule has 3 aliphatic rings. The van der Waals surface area contributed by atoms with Crippen LogP contribution < -0.4 is 25.6 Å². The van der Waals surface area contributed by atoms with Crippen LogP contribution in [0.5, 0.6) is 5.75 Å². The molecule has 0 aromatic heterocycles. The Morgan fingerprint density at radius 1 is 1.12 bits per heavy atom. The molecular formula is C23H26N4O5. The van der Waals surface area contributed by atoms with Crippen molar-refractivity contribution >= 4 is 35.1 Å². The summed E-state index contributed by atoms with van der Waals surface area (Å²) in [5.41, 5.74) is 0.892. The number of rotatable bonds is 3. The van der Waals surface area contributed by atoms with E-state index in [-0.39, 0.29) is 27.1 Å². The summed E-state index contributed by atoms with van der Waals surface area (Å²) >= 11 is 0. The maximum absolute atomic E-state index is 12.9. The Morgan fingerprint density at radius 3 is 2.62 bits per heavy atom. The molecule has 32 heavy (non-hydrogen) atoms. The van der Waals surface area contributed by atoms with Gasteiger partial charge in [0.25, 0.3) is 11.8 Å². The molecule has 1 spiro atoms. The van der Waals surface area contributed by atoms with Crippen LogP contribution in [0.2, 0.25) is 0 Å². The van der Waals surface area contributed by atoms with Gasteiger partial charge in [-0.3, -0.25) is 24.6 Å². The number of fused-ring (bicyclic) bond motifs is 2. The summed E-state index contributed by atoms with van der Waals surface area (Å²) in [4.78, 5) is 51.0. The Bertz CT molecular complexity index is 1200. The van der Waals surface area contributed by atoms with E-state index in [2.05, 4.69) is 16.0 Å². The van der Waals surface area contributed by atoms with Crippen LogP contribution in [0.1, 0.15) is 27.8 Å². The molecule has 5 amide bonds. The van der Waals surface area contributed by atoms with Gasteiger partial charge in [0.2, 0.25) is 5.91 Å². The number of hydrogen-bond donors (Lipinski definition) is 3. The molecule has 0 radical (unpaired) electrons. The molecule has 0 bridgehead atoms. The molecule has 0 unspecified atom stereocenters. The van der Waals surface area contributed by atoms with Crippen LogP contribution in [-0.2, 0) is 27.2 Å². The summed E-state index contributed by atoms with van der Waals surface area (Å²) < 4.78 is 5.79. The van der Waals surface area contributed by atoms with Gasteiger partial charge in [0.1, 0.15) is 17.8 Å². The average Bonchev–Trinajstić information content (AvgIpc) is 3.22. The van der Waals surface area contributed by atoms with Crippen molar-refractivity contribution < 1.29 is 26.8 Å². The molecule has 1 atom stereocenters. The van der Waals surface area contributed by atoms with Crippen LogP contribution in [0.25, 0.3) is 0 Å². The van der Waals surface area contributed by atoms with E-state index in [9.17, 15) is 19.2 Å². The zero-order valence-corrected chi connectivity index (χ0v) is 17.7. The molecule has 5 rings (SSSR count). The smallest absolute Gasteiger partial charge is 0.322 e. The zero-order chi connectivity index (χ0) is 22.7. The fourth-order valence-corrected chi connectivity index (χ4v) is 4.55. The van der Waals surface area contributed by atoms with Crippen LogP contribution in [0.4, 0.5) is 16.2 Å². The average molecular weight is 438 g/mol. The summed E-state index contributed by atoms with van der Waals surface area (Å²) in [5.74, 6) is -0.448. The van der Waals surface area contributed by atoms with E-state index in [1.54, 1.807) is 44.2 Å². The van der Waals surface area contributed by atoms with Crippen LogP contribution in [0.3, 0.4) is 0 Å². The number of imide groups is 1. The Labute approximate surface area is 187 Å². The van der Waals surface area contributed by atoms with Gasteiger partial charge in [-0.15, -0.1) is 0 Å². The molecule has 3 N–H and O–H groups in total. The third kappa shape index (κ3) is 3.17. The number of benzene rings is 2. The van der Waals surface area contributed by atoms with E-state index < -0.39 is 17.2 Å². The summed E-state index contributed by atoms with van der Waals surface area (Å²) in [7, 11) is 0. The number of urea groups is 1. The lowest BCUT2D eigenvalue weighted by atomic mass is 9.96. The molecule has 2 aromatic carbocycles. The van der Waals surface area contributed by atoms with Gasteiger partial charge in [-0.05, 0) is 49.2 Å². The van der Waals surface area contributed by atoms with Crippen molar-refractivity contribution in [3.8, 4) is 5.75 Å². The lowest BCUT2D eigenvalue weighted by molar-refractivity contribution is -0.133. The summed E-state index contributed by atoms with van der Waals surface area (Å²) in [6.45, 7) is 3.18. The second-order valence-corrected chi connectivity index (χ2v) is 8.85. The van der Waals surface area contributed by atoms with Crippen molar-refractivity contribution in [2.45, 2.75) is 37.8 Å². The topological polar surface area (TPSA) is 117 Å². The standard InChI is InChI=1S/C23H22N4O5.2H2/c1-22(2)20(30)27(16-5-3-4-6-17(16)32-22)12-18(28)24-15-8-7-13-10-23(11-14(13)9-15)19(29)25-21(31)26-23;;/h3-9H,10-12H2,1-2H3,(H,24,28)(H2,25,26,29,31);2*1H/t23-;;/m0../s1. The highest BCUT2D eigenvalue weighted by atomic mass is 16.5. The van der Waals surface area contributed by atoms with E-state index in [0.717, 1.165) is 11.1 Å². The van der Waals surface area contributed by atoms with Crippen LogP contribution in [0.15, 0.2) is 42.5 Å². The monoisotopic (exact) mass is 438 g/mol. The fraction of sp³-hybridized carbons (Fsp3) is 0.304. The van der Waals surface area contributed by atoms with Gasteiger partial charge < -0.3 is 15.4 Å². The van der Waals surface area contributed by atoms with Crippen LogP contribution >= 0.6 is 0 Å². The lowest BCUT2D eigenvalue weighted by Crippen LogP contribution is -2.54. The van der Waals surface area contributed by atoms with Gasteiger partial charge in [-0.2, -0.15) is 0 Å². The number of nitrogens with zero attached hydrogens (tertiary/aromatic N) is 1. The van der Waals surface area contributed by atoms with E-state index in [1.807, 2.05) is 12.1 Å². The normalized spacial score (nSPS) is 22.7. The number of carbonyl (C=O) groups is 4. The number of hydrogen-bond acceptors (Lipinski definition) is 5. The summed E-state index contributed by atoms with van der Waals surface area (Å²) in [5, 5.41) is 7.84. The van der Waals surface area contributed by atoms with E-state index in [1.165, 1.54) is 4.90 Å². The van der Waals surface area contributed by atoms with Gasteiger partial charge in [-0.1, -0.05) is 18.2 Å². The lowest BCUT2D eigenvalue weighted by Gasteiger charge is -2.38. The van der Waals surface area contributed by atoms with Crippen molar-refractivity contribution in [1.82, 2.24) is 10.6 Å². The van der Waals surface area contributed by atoms with Crippen molar-refractivity contribution in [2.75, 3.05) is 16.8 Å². The second-order valence-electron chi connectivity index (χ2n) is 8.85. The number of anilines is 2. The molecule has 2 heterocycles. The van der Waals surface area contributed by atoms with Gasteiger partial charge in [0.15, 0.2) is 5.60 Å². The molecule has 9 nitrogen and oxygen atoms in total.